The minimum Gasteiger partial charge on any atom is -0.215 e. The van der Waals surface area contributed by atoms with Gasteiger partial charge in [0.25, 0.3) is 0 Å². The van der Waals surface area contributed by atoms with Crippen molar-refractivity contribution in [3.63, 3.8) is 0 Å². The monoisotopic (exact) mass is 846 g/mol. The summed E-state index contributed by atoms with van der Waals surface area (Å²) >= 11 is -1.64. The lowest BCUT2D eigenvalue weighted by Crippen LogP contribution is -2.79. The Morgan fingerprint density at radius 1 is 0.182 bits per heavy atom. The molecule has 0 spiro atoms. The molecule has 0 fully saturated rings. The summed E-state index contributed by atoms with van der Waals surface area (Å²) in [6.07, 6.45) is -15.9. The second-order valence-electron chi connectivity index (χ2n) is 7.89. The normalized spacial score (nSPS) is 18.4. The van der Waals surface area contributed by atoms with Crippen molar-refractivity contribution in [3.8, 4) is 0 Å². The summed E-state index contributed by atoms with van der Waals surface area (Å²) in [5.41, 5.74) is 0. The number of hydrogen-bond donors (Lipinski definition) is 0. The van der Waals surface area contributed by atoms with Crippen molar-refractivity contribution >= 4 is 22.6 Å². The molecule has 1 unspecified atom stereocenters. The van der Waals surface area contributed by atoms with Gasteiger partial charge in [-0.25, -0.2) is 4.39 Å². The lowest BCUT2D eigenvalue weighted by Gasteiger charge is -2.46. The van der Waals surface area contributed by atoms with Crippen LogP contribution < -0.4 is 0 Å². The zero-order valence-corrected chi connectivity index (χ0v) is 20.5. The molecule has 0 aliphatic carbocycles. The van der Waals surface area contributed by atoms with E-state index < -0.39 is 104 Å². The summed E-state index contributed by atoms with van der Waals surface area (Å²) in [5.74, 6) is -104. The van der Waals surface area contributed by atoms with E-state index in [1.54, 1.807) is 0 Å². The predicted octanol–water partition coefficient (Wildman–Crippen LogP) is 10.2. The second-order valence-corrected chi connectivity index (χ2v) is 9.37. The molecule has 0 amide bonds. The van der Waals surface area contributed by atoms with Gasteiger partial charge in [-0.1, -0.05) is 0 Å². The smallest absolute Gasteiger partial charge is 0.215 e. The largest absolute Gasteiger partial charge is 0.460 e. The standard InChI is InChI=1S/C14F29I/c15-1(16,3(19,20)5(23,24)7(27,28)9(31,32)11(35,36)13(38,39)40)2(17,18)4(21,22)6(25,26)8(29,30)10(33,34)12(37,44)14(41,42)43. The van der Waals surface area contributed by atoms with Gasteiger partial charge in [0.05, 0.1) is 0 Å². The highest BCUT2D eigenvalue weighted by atomic mass is 127. The molecule has 0 nitrogen and oxygen atoms in total. The van der Waals surface area contributed by atoms with Crippen LogP contribution in [0.4, 0.5) is 127 Å². The first-order chi connectivity index (χ1) is 18.2. The quantitative estimate of drug-likeness (QED) is 0.110. The number of hydrogen-bond acceptors (Lipinski definition) is 0. The first-order valence-corrected chi connectivity index (χ1v) is 10.00. The third-order valence-corrected chi connectivity index (χ3v) is 6.34. The summed E-state index contributed by atoms with van der Waals surface area (Å²) in [5, 5.41) is 0. The summed E-state index contributed by atoms with van der Waals surface area (Å²) in [4.78, 5) is 0. The van der Waals surface area contributed by atoms with E-state index in [1.807, 2.05) is 0 Å². The zero-order valence-electron chi connectivity index (χ0n) is 18.3. The SMILES string of the molecule is FC(F)(F)C(F)(F)C(F)(F)C(F)(F)C(F)(F)C(F)(F)C(F)(F)C(F)(F)C(F)(F)C(F)(F)C(F)(F)C(F)(F)C(F)(I)C(F)(F)F. The molecule has 0 bridgehead atoms. The highest BCUT2D eigenvalue weighted by Gasteiger charge is 3.00. The van der Waals surface area contributed by atoms with Crippen LogP contribution in [0.1, 0.15) is 0 Å². The van der Waals surface area contributed by atoms with Crippen molar-refractivity contribution in [3.05, 3.63) is 0 Å². The highest BCUT2D eigenvalue weighted by molar-refractivity contribution is 14.1. The van der Waals surface area contributed by atoms with Crippen LogP contribution in [-0.2, 0) is 0 Å². The molecule has 44 heavy (non-hydrogen) atoms. The van der Waals surface area contributed by atoms with E-state index >= 15 is 0 Å². The van der Waals surface area contributed by atoms with E-state index in [0.29, 0.717) is 0 Å². The predicted molar refractivity (Wildman–Crippen MR) is 84.4 cm³/mol. The molecule has 0 aromatic carbocycles. The molecule has 0 N–H and O–H groups in total. The van der Waals surface area contributed by atoms with Gasteiger partial charge in [0.1, 0.15) is 0 Å². The fourth-order valence-electron chi connectivity index (χ4n) is 2.33. The minimum atomic E-state index is -9.88. The Labute approximate surface area is 232 Å². The number of halogens is 30. The maximum Gasteiger partial charge on any atom is 0.460 e. The topological polar surface area (TPSA) is 0 Å². The Hall–Kier alpha value is -1.30. The van der Waals surface area contributed by atoms with Gasteiger partial charge in [-0.05, 0) is 22.6 Å². The summed E-state index contributed by atoms with van der Waals surface area (Å²) in [7, 11) is 0. The average Bonchev–Trinajstić information content (AvgIpc) is 2.75. The molecule has 0 aliphatic heterocycles. The van der Waals surface area contributed by atoms with Gasteiger partial charge in [0, 0.05) is 0 Å². The lowest BCUT2D eigenvalue weighted by molar-refractivity contribution is -0.484. The number of alkyl halides is 30. The number of rotatable bonds is 11. The fourth-order valence-corrected chi connectivity index (χ4v) is 2.67. The Morgan fingerprint density at radius 3 is 0.455 bits per heavy atom. The Bertz CT molecular complexity index is 969. The van der Waals surface area contributed by atoms with Crippen molar-refractivity contribution in [2.75, 3.05) is 0 Å². The zero-order chi connectivity index (χ0) is 37.0. The summed E-state index contributed by atoms with van der Waals surface area (Å²) < 4.78 is 373. The van der Waals surface area contributed by atoms with Crippen LogP contribution in [0, 0.1) is 0 Å². The molecule has 0 rings (SSSR count). The van der Waals surface area contributed by atoms with E-state index in [2.05, 4.69) is 0 Å². The first kappa shape index (κ1) is 42.7. The maximum absolute atomic E-state index is 13.6. The van der Waals surface area contributed by atoms with Crippen molar-refractivity contribution in [1.29, 1.82) is 0 Å². The molecule has 0 saturated heterocycles. The van der Waals surface area contributed by atoms with Gasteiger partial charge in [-0.3, -0.25) is 0 Å². The van der Waals surface area contributed by atoms with Crippen molar-refractivity contribution in [2.24, 2.45) is 0 Å². The molecule has 0 heterocycles. The van der Waals surface area contributed by atoms with Gasteiger partial charge in [0.2, 0.25) is 0 Å². The van der Waals surface area contributed by atoms with Crippen LogP contribution in [0.3, 0.4) is 0 Å². The van der Waals surface area contributed by atoms with E-state index in [-0.39, 0.29) is 0 Å². The van der Waals surface area contributed by atoms with Gasteiger partial charge in [0.15, 0.2) is 0 Å². The fraction of sp³-hybridized carbons (Fsp3) is 1.00. The molecule has 1 atom stereocenters. The molecular formula is C14F29I. The molecule has 0 aromatic rings. The van der Waals surface area contributed by atoms with Gasteiger partial charge < -0.3 is 0 Å². The molecule has 0 aromatic heterocycles. The minimum absolute atomic E-state index is 1.64. The molecular weight excluding hydrogens is 846 g/mol. The van der Waals surface area contributed by atoms with Crippen LogP contribution in [0.25, 0.3) is 0 Å². The third kappa shape index (κ3) is 4.79. The Morgan fingerprint density at radius 2 is 0.318 bits per heavy atom. The third-order valence-electron chi connectivity index (χ3n) is 5.05. The van der Waals surface area contributed by atoms with E-state index in [9.17, 15) is 127 Å². The van der Waals surface area contributed by atoms with E-state index in [0.717, 1.165) is 0 Å². The molecule has 0 saturated carbocycles. The summed E-state index contributed by atoms with van der Waals surface area (Å²) in [6, 6.07) is 0. The van der Waals surface area contributed by atoms with Gasteiger partial charge in [-0.15, -0.1) is 0 Å². The van der Waals surface area contributed by atoms with Crippen molar-refractivity contribution in [2.45, 2.75) is 81.2 Å². The van der Waals surface area contributed by atoms with Crippen LogP contribution >= 0.6 is 22.6 Å². The molecule has 30 heteroatoms. The maximum atomic E-state index is 13.6. The Balaban J connectivity index is 7.52. The van der Waals surface area contributed by atoms with Crippen molar-refractivity contribution in [1.82, 2.24) is 0 Å². The van der Waals surface area contributed by atoms with E-state index in [4.69, 9.17) is 0 Å². The van der Waals surface area contributed by atoms with Crippen LogP contribution in [-0.4, -0.2) is 81.2 Å². The van der Waals surface area contributed by atoms with Crippen LogP contribution in [0.2, 0.25) is 0 Å². The van der Waals surface area contributed by atoms with Gasteiger partial charge >= 0.3 is 81.2 Å². The molecule has 0 radical (unpaired) electrons. The Kier molecular flexibility index (Phi) is 9.80. The highest BCUT2D eigenvalue weighted by Crippen LogP contribution is 2.69. The van der Waals surface area contributed by atoms with Crippen LogP contribution in [0.5, 0.6) is 0 Å². The second kappa shape index (κ2) is 10.1. The summed E-state index contributed by atoms with van der Waals surface area (Å²) in [6.45, 7) is 0. The first-order valence-electron chi connectivity index (χ1n) is 8.92. The van der Waals surface area contributed by atoms with Gasteiger partial charge in [-0.2, -0.15) is 123 Å². The molecule has 0 aliphatic rings. The average molecular weight is 846 g/mol. The lowest BCUT2D eigenvalue weighted by atomic mass is 9.84. The van der Waals surface area contributed by atoms with Crippen molar-refractivity contribution < 1.29 is 127 Å². The molecule has 266 valence electrons. The van der Waals surface area contributed by atoms with E-state index in [1.165, 1.54) is 0 Å². The van der Waals surface area contributed by atoms with Crippen LogP contribution in [0.15, 0.2) is 0 Å².